The van der Waals surface area contributed by atoms with Crippen molar-refractivity contribution in [3.05, 3.63) is 5.21 Å². The van der Waals surface area contributed by atoms with Crippen molar-refractivity contribution in [1.82, 2.24) is 0 Å². The van der Waals surface area contributed by atoms with Crippen molar-refractivity contribution in [2.75, 3.05) is 6.54 Å². The molecular weight excluding hydrogens is 264 g/mol. The highest BCUT2D eigenvalue weighted by Gasteiger charge is 1.95. The normalized spacial score (nSPS) is 10.0. The molecule has 0 aliphatic rings. The molecule has 0 rings (SSSR count). The molecule has 128 valence electrons. The summed E-state index contributed by atoms with van der Waals surface area (Å²) in [5.41, 5.74) is 6.00. The lowest BCUT2D eigenvalue weighted by molar-refractivity contribution is -0.588. The summed E-state index contributed by atoms with van der Waals surface area (Å²) in [6, 6.07) is 0. The first kappa shape index (κ1) is 22.7. The van der Waals surface area contributed by atoms with Crippen molar-refractivity contribution < 1.29 is 10.3 Å². The first-order valence-corrected chi connectivity index (χ1v) is 8.90. The lowest BCUT2D eigenvalue weighted by atomic mass is 10.1. The zero-order valence-electron chi connectivity index (χ0n) is 14.4. The average Bonchev–Trinajstić information content (AvgIpc) is 2.46. The molecule has 4 heteroatoms. The van der Waals surface area contributed by atoms with Crippen LogP contribution in [0.1, 0.15) is 97.3 Å². The number of hydroxylamine groups is 1. The van der Waals surface area contributed by atoms with E-state index < -0.39 is 0 Å². The van der Waals surface area contributed by atoms with Gasteiger partial charge in [0, 0.05) is 6.42 Å². The predicted molar refractivity (Wildman–Crippen MR) is 90.7 cm³/mol. The summed E-state index contributed by atoms with van der Waals surface area (Å²) >= 11 is 0. The molecule has 0 unspecified atom stereocenters. The number of hydrogen-bond acceptors (Lipinski definition) is 2. The average molecular weight is 303 g/mol. The lowest BCUT2D eigenvalue weighted by Crippen LogP contribution is -2.77. The Labute approximate surface area is 131 Å². The first-order valence-electron chi connectivity index (χ1n) is 8.90. The second-order valence-electron chi connectivity index (χ2n) is 5.71. The van der Waals surface area contributed by atoms with Gasteiger partial charge in [-0.25, -0.2) is 0 Å². The van der Waals surface area contributed by atoms with Crippen molar-refractivity contribution in [1.29, 1.82) is 0 Å². The van der Waals surface area contributed by atoms with Gasteiger partial charge in [0.2, 0.25) is 5.91 Å². The van der Waals surface area contributed by atoms with Crippen LogP contribution in [0.4, 0.5) is 0 Å². The van der Waals surface area contributed by atoms with Crippen LogP contribution < -0.4 is 11.2 Å². The van der Waals surface area contributed by atoms with Crippen LogP contribution in [0.25, 0.3) is 0 Å². The van der Waals surface area contributed by atoms with E-state index in [1.54, 1.807) is 0 Å². The SMILES string of the molecule is CCCCCCCCCCCCCC(N)=O.CCC[NH2+][O-]. The largest absolute Gasteiger partial charge is 0.636 e. The van der Waals surface area contributed by atoms with E-state index in [1.165, 1.54) is 64.2 Å². The van der Waals surface area contributed by atoms with Crippen LogP contribution in [-0.2, 0) is 4.79 Å². The van der Waals surface area contributed by atoms with E-state index in [0.717, 1.165) is 18.3 Å². The second-order valence-corrected chi connectivity index (χ2v) is 5.71. The third kappa shape index (κ3) is 28.3. The number of rotatable bonds is 14. The fourth-order valence-electron chi connectivity index (χ4n) is 2.08. The summed E-state index contributed by atoms with van der Waals surface area (Å²) in [5.74, 6) is -0.157. The minimum Gasteiger partial charge on any atom is -0.636 e. The zero-order chi connectivity index (χ0) is 16.2. The van der Waals surface area contributed by atoms with Crippen LogP contribution in [0, 0.1) is 5.21 Å². The molecule has 4 N–H and O–H groups in total. The van der Waals surface area contributed by atoms with Gasteiger partial charge in [0.1, 0.15) is 0 Å². The maximum absolute atomic E-state index is 10.5. The van der Waals surface area contributed by atoms with Crippen molar-refractivity contribution >= 4 is 5.91 Å². The van der Waals surface area contributed by atoms with E-state index in [0.29, 0.717) is 13.0 Å². The molecule has 0 aromatic carbocycles. The summed E-state index contributed by atoms with van der Waals surface area (Å²) in [7, 11) is 0. The molecule has 0 radical (unpaired) electrons. The number of nitrogens with two attached hydrogens (primary N) is 2. The van der Waals surface area contributed by atoms with Crippen molar-refractivity contribution in [2.24, 2.45) is 5.73 Å². The third-order valence-electron chi connectivity index (χ3n) is 3.43. The van der Waals surface area contributed by atoms with Gasteiger partial charge in [-0.3, -0.25) is 4.79 Å². The molecule has 4 nitrogen and oxygen atoms in total. The number of carbonyl (C=O) groups is 1. The Morgan fingerprint density at radius 3 is 1.52 bits per heavy atom. The molecule has 0 spiro atoms. The molecule has 0 atom stereocenters. The van der Waals surface area contributed by atoms with Gasteiger partial charge in [-0.2, -0.15) is 0 Å². The lowest BCUT2D eigenvalue weighted by Gasteiger charge is -2.01. The van der Waals surface area contributed by atoms with Crippen LogP contribution >= 0.6 is 0 Å². The Bertz CT molecular complexity index is 197. The van der Waals surface area contributed by atoms with Crippen LogP contribution in [0.15, 0.2) is 0 Å². The number of amides is 1. The molecule has 0 saturated carbocycles. The zero-order valence-corrected chi connectivity index (χ0v) is 14.4. The minimum atomic E-state index is -0.157. The van der Waals surface area contributed by atoms with E-state index in [2.05, 4.69) is 6.92 Å². The maximum atomic E-state index is 10.5. The van der Waals surface area contributed by atoms with Crippen LogP contribution in [0.5, 0.6) is 0 Å². The van der Waals surface area contributed by atoms with Gasteiger partial charge >= 0.3 is 0 Å². The van der Waals surface area contributed by atoms with Gasteiger partial charge in [-0.15, -0.1) is 0 Å². The third-order valence-corrected chi connectivity index (χ3v) is 3.43. The Morgan fingerprint density at radius 1 is 0.810 bits per heavy atom. The summed E-state index contributed by atoms with van der Waals surface area (Å²) < 4.78 is 0. The van der Waals surface area contributed by atoms with E-state index in [-0.39, 0.29) is 5.91 Å². The van der Waals surface area contributed by atoms with Crippen molar-refractivity contribution in [2.45, 2.75) is 97.3 Å². The van der Waals surface area contributed by atoms with Crippen LogP contribution in [-0.4, -0.2) is 12.5 Å². The monoisotopic (exact) mass is 302 g/mol. The first-order chi connectivity index (χ1) is 10.2. The Balaban J connectivity index is 0. The summed E-state index contributed by atoms with van der Waals surface area (Å²) in [6.45, 7) is 4.94. The van der Waals surface area contributed by atoms with Gasteiger partial charge < -0.3 is 16.4 Å². The maximum Gasteiger partial charge on any atom is 0.217 e. The molecule has 0 fully saturated rings. The Morgan fingerprint density at radius 2 is 1.24 bits per heavy atom. The standard InChI is InChI=1S/C14H29NO.C3H9NO/c1-2-3-4-5-6-7-8-9-10-11-12-13-14(15)16;1-2-3-4-5/h2-13H2,1H3,(H2,15,16);2-4H2,1H3. The van der Waals surface area contributed by atoms with Gasteiger partial charge in [0.25, 0.3) is 0 Å². The van der Waals surface area contributed by atoms with Gasteiger partial charge in [0.15, 0.2) is 0 Å². The highest BCUT2D eigenvalue weighted by Crippen LogP contribution is 2.11. The summed E-state index contributed by atoms with van der Waals surface area (Å²) in [4.78, 5) is 10.5. The number of unbranched alkanes of at least 4 members (excludes halogenated alkanes) is 10. The van der Waals surface area contributed by atoms with E-state index in [9.17, 15) is 10.0 Å². The topological polar surface area (TPSA) is 82.8 Å². The van der Waals surface area contributed by atoms with Crippen LogP contribution in [0.3, 0.4) is 0 Å². The highest BCUT2D eigenvalue weighted by molar-refractivity contribution is 5.73. The summed E-state index contributed by atoms with van der Waals surface area (Å²) in [6.07, 6.45) is 16.0. The molecule has 0 aliphatic carbocycles. The summed E-state index contributed by atoms with van der Waals surface area (Å²) in [5, 5.41) is 9.40. The van der Waals surface area contributed by atoms with Gasteiger partial charge in [-0.05, 0) is 12.8 Å². The number of quaternary nitrogens is 1. The van der Waals surface area contributed by atoms with Crippen molar-refractivity contribution in [3.8, 4) is 0 Å². The molecule has 21 heavy (non-hydrogen) atoms. The Hall–Kier alpha value is -0.610. The fourth-order valence-corrected chi connectivity index (χ4v) is 2.08. The fraction of sp³-hybridized carbons (Fsp3) is 0.941. The van der Waals surface area contributed by atoms with E-state index in [4.69, 9.17) is 5.73 Å². The molecule has 1 amide bonds. The highest BCUT2D eigenvalue weighted by atomic mass is 16.5. The van der Waals surface area contributed by atoms with Gasteiger partial charge in [-0.1, -0.05) is 78.1 Å². The smallest absolute Gasteiger partial charge is 0.217 e. The van der Waals surface area contributed by atoms with Crippen molar-refractivity contribution in [3.63, 3.8) is 0 Å². The molecule has 0 aliphatic heterocycles. The molecular formula is C17H38N2O2. The number of primary amides is 1. The number of hydrogen-bond donors (Lipinski definition) is 2. The Kier molecular flexibility index (Phi) is 23.4. The predicted octanol–water partition coefficient (Wildman–Crippen LogP) is 3.63. The molecule has 0 saturated heterocycles. The molecule has 0 aromatic heterocycles. The molecule has 0 aromatic rings. The second kappa shape index (κ2) is 21.7. The van der Waals surface area contributed by atoms with Crippen LogP contribution in [0.2, 0.25) is 0 Å². The molecule has 0 heterocycles. The molecule has 0 bridgehead atoms. The van der Waals surface area contributed by atoms with Gasteiger partial charge in [0.05, 0.1) is 6.54 Å². The van der Waals surface area contributed by atoms with E-state index >= 15 is 0 Å². The number of carbonyl (C=O) groups excluding carboxylic acids is 1. The minimum absolute atomic E-state index is 0.157. The quantitative estimate of drug-likeness (QED) is 0.379. The van der Waals surface area contributed by atoms with E-state index in [1.807, 2.05) is 6.92 Å².